The molecular weight excluding hydrogens is 208 g/mol. The Hall–Kier alpha value is -2.04. The zero-order valence-corrected chi connectivity index (χ0v) is 9.14. The number of ether oxygens (including phenoxy) is 1. The minimum absolute atomic E-state index is 0.288. The van der Waals surface area contributed by atoms with Gasteiger partial charge in [-0.25, -0.2) is 4.79 Å². The maximum absolute atomic E-state index is 11.5. The average molecular weight is 220 g/mol. The molecule has 0 saturated heterocycles. The summed E-state index contributed by atoms with van der Waals surface area (Å²) < 4.78 is 11.7. The molecule has 0 aliphatic rings. The van der Waals surface area contributed by atoms with Gasteiger partial charge in [0, 0.05) is 13.1 Å². The van der Waals surface area contributed by atoms with E-state index in [9.17, 15) is 4.79 Å². The van der Waals surface area contributed by atoms with E-state index in [-0.39, 0.29) is 5.69 Å². The highest BCUT2D eigenvalue weighted by molar-refractivity contribution is 5.88. The number of furan rings is 1. The molecule has 0 radical (unpaired) electrons. The first-order valence-electron chi connectivity index (χ1n) is 4.97. The Bertz CT molecular complexity index is 485. The number of esters is 1. The number of nitrogens with zero attached hydrogens (tertiary/aromatic N) is 2. The molecule has 5 heteroatoms. The van der Waals surface area contributed by atoms with Gasteiger partial charge in [-0.3, -0.25) is 4.68 Å². The fraction of sp³-hybridized carbons (Fsp3) is 0.273. The molecule has 84 valence electrons. The fourth-order valence-electron chi connectivity index (χ4n) is 1.43. The molecule has 0 N–H and O–H groups in total. The van der Waals surface area contributed by atoms with E-state index in [0.29, 0.717) is 12.4 Å². The van der Waals surface area contributed by atoms with Crippen molar-refractivity contribution in [3.05, 3.63) is 30.2 Å². The molecular formula is C11H12N2O3. The molecule has 0 spiro atoms. The summed E-state index contributed by atoms with van der Waals surface area (Å²) in [5, 5.41) is 4.07. The number of carbonyl (C=O) groups excluding carboxylic acids is 1. The molecule has 5 nitrogen and oxygen atoms in total. The zero-order valence-electron chi connectivity index (χ0n) is 9.14. The van der Waals surface area contributed by atoms with Crippen LogP contribution in [-0.2, 0) is 11.8 Å². The Morgan fingerprint density at radius 2 is 2.44 bits per heavy atom. The van der Waals surface area contributed by atoms with Gasteiger partial charge in [0.15, 0.2) is 11.5 Å². The molecule has 0 aromatic carbocycles. The van der Waals surface area contributed by atoms with E-state index in [1.807, 2.05) is 6.07 Å². The molecule has 2 aromatic rings. The van der Waals surface area contributed by atoms with Crippen LogP contribution in [0, 0.1) is 0 Å². The van der Waals surface area contributed by atoms with Gasteiger partial charge in [-0.15, -0.1) is 0 Å². The van der Waals surface area contributed by atoms with Crippen molar-refractivity contribution in [1.29, 1.82) is 0 Å². The maximum Gasteiger partial charge on any atom is 0.358 e. The second kappa shape index (κ2) is 4.22. The first kappa shape index (κ1) is 10.5. The maximum atomic E-state index is 11.5. The van der Waals surface area contributed by atoms with Crippen LogP contribution in [0.15, 0.2) is 28.9 Å². The van der Waals surface area contributed by atoms with Crippen LogP contribution in [0.5, 0.6) is 0 Å². The SMILES string of the molecule is CCOC(=O)c1cc(-c2ccco2)n(C)n1. The molecule has 0 atom stereocenters. The summed E-state index contributed by atoms with van der Waals surface area (Å²) in [4.78, 5) is 11.5. The summed E-state index contributed by atoms with van der Waals surface area (Å²) in [7, 11) is 1.75. The third kappa shape index (κ3) is 1.84. The predicted molar refractivity (Wildman–Crippen MR) is 56.9 cm³/mol. The lowest BCUT2D eigenvalue weighted by molar-refractivity contribution is 0.0518. The van der Waals surface area contributed by atoms with Crippen molar-refractivity contribution < 1.29 is 13.9 Å². The second-order valence-corrected chi connectivity index (χ2v) is 3.24. The lowest BCUT2D eigenvalue weighted by Gasteiger charge is -1.95. The van der Waals surface area contributed by atoms with Gasteiger partial charge in [0.2, 0.25) is 0 Å². The van der Waals surface area contributed by atoms with E-state index in [1.54, 1.807) is 37.0 Å². The van der Waals surface area contributed by atoms with Gasteiger partial charge in [0.1, 0.15) is 5.69 Å². The van der Waals surface area contributed by atoms with Gasteiger partial charge < -0.3 is 9.15 Å². The number of rotatable bonds is 3. The van der Waals surface area contributed by atoms with Crippen LogP contribution in [0.4, 0.5) is 0 Å². The van der Waals surface area contributed by atoms with Crippen molar-refractivity contribution in [3.8, 4) is 11.5 Å². The lowest BCUT2D eigenvalue weighted by Crippen LogP contribution is -2.05. The summed E-state index contributed by atoms with van der Waals surface area (Å²) in [6.07, 6.45) is 1.58. The Kier molecular flexibility index (Phi) is 2.76. The van der Waals surface area contributed by atoms with Crippen LogP contribution in [0.2, 0.25) is 0 Å². The quantitative estimate of drug-likeness (QED) is 0.741. The second-order valence-electron chi connectivity index (χ2n) is 3.24. The van der Waals surface area contributed by atoms with E-state index in [0.717, 1.165) is 5.69 Å². The highest BCUT2D eigenvalue weighted by atomic mass is 16.5. The molecule has 2 heterocycles. The summed E-state index contributed by atoms with van der Waals surface area (Å²) in [6.45, 7) is 2.10. The Labute approximate surface area is 92.6 Å². The fourth-order valence-corrected chi connectivity index (χ4v) is 1.43. The highest BCUT2D eigenvalue weighted by Gasteiger charge is 2.15. The number of aromatic nitrogens is 2. The molecule has 0 unspecified atom stereocenters. The van der Waals surface area contributed by atoms with E-state index < -0.39 is 5.97 Å². The smallest absolute Gasteiger partial charge is 0.358 e. The van der Waals surface area contributed by atoms with Gasteiger partial charge in [0.05, 0.1) is 12.9 Å². The molecule has 16 heavy (non-hydrogen) atoms. The van der Waals surface area contributed by atoms with E-state index in [2.05, 4.69) is 5.10 Å². The molecule has 2 aromatic heterocycles. The molecule has 2 rings (SSSR count). The number of hydrogen-bond donors (Lipinski definition) is 0. The number of carbonyl (C=O) groups is 1. The Morgan fingerprint density at radius 1 is 1.62 bits per heavy atom. The summed E-state index contributed by atoms with van der Waals surface area (Å²) in [5.74, 6) is 0.251. The number of hydrogen-bond acceptors (Lipinski definition) is 4. The van der Waals surface area contributed by atoms with Gasteiger partial charge in [-0.2, -0.15) is 5.10 Å². The molecule has 0 aliphatic heterocycles. The van der Waals surface area contributed by atoms with E-state index in [1.165, 1.54) is 0 Å². The molecule has 0 bridgehead atoms. The van der Waals surface area contributed by atoms with Gasteiger partial charge in [-0.1, -0.05) is 0 Å². The third-order valence-electron chi connectivity index (χ3n) is 2.14. The van der Waals surface area contributed by atoms with Crippen LogP contribution in [0.3, 0.4) is 0 Å². The monoisotopic (exact) mass is 220 g/mol. The molecule has 0 fully saturated rings. The van der Waals surface area contributed by atoms with Crippen LogP contribution in [0.25, 0.3) is 11.5 Å². The third-order valence-corrected chi connectivity index (χ3v) is 2.14. The molecule has 0 amide bonds. The largest absolute Gasteiger partial charge is 0.463 e. The van der Waals surface area contributed by atoms with Gasteiger partial charge in [0.25, 0.3) is 0 Å². The topological polar surface area (TPSA) is 57.3 Å². The van der Waals surface area contributed by atoms with Crippen molar-refractivity contribution in [2.75, 3.05) is 6.61 Å². The number of aryl methyl sites for hydroxylation is 1. The van der Waals surface area contributed by atoms with Crippen molar-refractivity contribution in [3.63, 3.8) is 0 Å². The Morgan fingerprint density at radius 3 is 3.06 bits per heavy atom. The van der Waals surface area contributed by atoms with Gasteiger partial charge >= 0.3 is 5.97 Å². The van der Waals surface area contributed by atoms with Crippen LogP contribution in [0.1, 0.15) is 17.4 Å². The first-order valence-corrected chi connectivity index (χ1v) is 4.97. The minimum atomic E-state index is -0.420. The van der Waals surface area contributed by atoms with E-state index in [4.69, 9.17) is 9.15 Å². The first-order chi connectivity index (χ1) is 7.72. The average Bonchev–Trinajstić information content (AvgIpc) is 2.86. The van der Waals surface area contributed by atoms with Crippen LogP contribution in [-0.4, -0.2) is 22.4 Å². The van der Waals surface area contributed by atoms with Crippen molar-refractivity contribution in [2.45, 2.75) is 6.92 Å². The highest BCUT2D eigenvalue weighted by Crippen LogP contribution is 2.20. The summed E-state index contributed by atoms with van der Waals surface area (Å²) >= 11 is 0. The van der Waals surface area contributed by atoms with Gasteiger partial charge in [-0.05, 0) is 19.1 Å². The summed E-state index contributed by atoms with van der Waals surface area (Å²) in [5.41, 5.74) is 1.03. The molecule has 0 aliphatic carbocycles. The normalized spacial score (nSPS) is 10.4. The zero-order chi connectivity index (χ0) is 11.5. The summed E-state index contributed by atoms with van der Waals surface area (Å²) in [6, 6.07) is 5.25. The van der Waals surface area contributed by atoms with Crippen molar-refractivity contribution in [1.82, 2.24) is 9.78 Å². The minimum Gasteiger partial charge on any atom is -0.463 e. The van der Waals surface area contributed by atoms with E-state index >= 15 is 0 Å². The lowest BCUT2D eigenvalue weighted by atomic mass is 10.3. The van der Waals surface area contributed by atoms with Crippen molar-refractivity contribution >= 4 is 5.97 Å². The Balaban J connectivity index is 2.32. The van der Waals surface area contributed by atoms with Crippen LogP contribution < -0.4 is 0 Å². The van der Waals surface area contributed by atoms with Crippen LogP contribution >= 0.6 is 0 Å². The molecule has 0 saturated carbocycles. The predicted octanol–water partition coefficient (Wildman–Crippen LogP) is 1.86. The standard InChI is InChI=1S/C11H12N2O3/c1-3-15-11(14)8-7-9(13(2)12-8)10-5-4-6-16-10/h4-7H,3H2,1-2H3. The van der Waals surface area contributed by atoms with Crippen molar-refractivity contribution in [2.24, 2.45) is 7.05 Å².